The summed E-state index contributed by atoms with van der Waals surface area (Å²) in [5.74, 6) is 1.78. The summed E-state index contributed by atoms with van der Waals surface area (Å²) >= 11 is 1.88. The third-order valence-electron chi connectivity index (χ3n) is 16.7. The number of anilines is 6. The minimum atomic E-state index is -0.0698. The monoisotopic (exact) mass is 956 g/mol. The van der Waals surface area contributed by atoms with Gasteiger partial charge < -0.3 is 23.7 Å². The van der Waals surface area contributed by atoms with Crippen LogP contribution < -0.4 is 47.3 Å². The van der Waals surface area contributed by atoms with Gasteiger partial charge in [0.25, 0.3) is 13.4 Å². The lowest BCUT2D eigenvalue weighted by molar-refractivity contribution is 0.488. The Kier molecular flexibility index (Phi) is 7.59. The second-order valence-electron chi connectivity index (χ2n) is 20.3. The predicted molar refractivity (Wildman–Crippen MR) is 313 cm³/mol. The SMILES string of the molecule is c1ccc(N(c2ccccc2)c2cc3c4c(c2)N(c2ccccc2)c2ccccc2B4c2cc4c(cc2O3)sc2cc3c(cc24)B2c4ccccc4-n4c5ccccc5c5cc6c7ccccc7n-3c6c2c54)cc1. The van der Waals surface area contributed by atoms with E-state index in [1.807, 2.05) is 11.3 Å². The Hall–Kier alpha value is -9.23. The van der Waals surface area contributed by atoms with E-state index in [1.165, 1.54) is 114 Å². The highest BCUT2D eigenvalue weighted by atomic mass is 32.1. The normalized spacial score (nSPS) is 13.4. The summed E-state index contributed by atoms with van der Waals surface area (Å²) in [6.07, 6.45) is 0. The molecule has 0 amide bonds. The first kappa shape index (κ1) is 39.4. The molecule has 8 heteroatoms. The van der Waals surface area contributed by atoms with Crippen LogP contribution in [0.2, 0.25) is 0 Å². The standard InChI is InChI=1S/C66H38B2N4OS/c1-4-18-39(19-5-1)69(40-20-6-2-7-21-40)42-32-58-63-60(33-42)73-59-38-62-46(36-52(59)68(63)49-26-12-16-30-55(49)70(58)41-22-8-3-9-23-41)45-35-51-57(37-61(45)74-62)72-54-29-15-11-25-44(54)48-34-47-43-24-10-14-28-53(43)71-56-31-17-13-27-50(56)67(51)64(65(47)71)66(48)72/h1-38H. The van der Waals surface area contributed by atoms with Crippen molar-refractivity contribution in [2.75, 3.05) is 9.80 Å². The van der Waals surface area contributed by atoms with Crippen LogP contribution >= 0.6 is 11.3 Å². The number of nitrogens with zero attached hydrogens (tertiary/aromatic N) is 4. The first-order valence-corrected chi connectivity index (χ1v) is 26.4. The number of benzene rings is 11. The number of hydrogen-bond acceptors (Lipinski definition) is 4. The highest BCUT2D eigenvalue weighted by Crippen LogP contribution is 2.48. The van der Waals surface area contributed by atoms with Crippen LogP contribution in [-0.2, 0) is 0 Å². The predicted octanol–water partition coefficient (Wildman–Crippen LogP) is 13.3. The van der Waals surface area contributed by atoms with Crippen LogP contribution in [0.1, 0.15) is 0 Å². The van der Waals surface area contributed by atoms with E-state index < -0.39 is 0 Å². The molecular weight excluding hydrogens is 918 g/mol. The molecule has 3 aromatic heterocycles. The number of aromatic nitrogens is 2. The summed E-state index contributed by atoms with van der Waals surface area (Å²) in [7, 11) is 0. The molecule has 0 unspecified atom stereocenters. The summed E-state index contributed by atoms with van der Waals surface area (Å²) < 4.78 is 15.0. The van der Waals surface area contributed by atoms with E-state index in [1.54, 1.807) is 0 Å². The van der Waals surface area contributed by atoms with E-state index in [0.29, 0.717) is 0 Å². The smallest absolute Gasteiger partial charge is 0.256 e. The quantitative estimate of drug-likeness (QED) is 0.164. The molecule has 0 saturated heterocycles. The number of ether oxygens (including phenoxy) is 1. The lowest BCUT2D eigenvalue weighted by Crippen LogP contribution is -2.59. The first-order chi connectivity index (χ1) is 36.7. The van der Waals surface area contributed by atoms with E-state index in [4.69, 9.17) is 4.74 Å². The fourth-order valence-corrected chi connectivity index (χ4v) is 14.9. The molecule has 0 N–H and O–H groups in total. The Balaban J connectivity index is 0.901. The molecule has 0 aliphatic carbocycles. The number of thiophene rings is 1. The minimum Gasteiger partial charge on any atom is -0.458 e. The van der Waals surface area contributed by atoms with E-state index in [2.05, 4.69) is 249 Å². The Bertz CT molecular complexity index is 4750. The third-order valence-corrected chi connectivity index (χ3v) is 17.8. The van der Waals surface area contributed by atoms with Crippen molar-refractivity contribution in [1.29, 1.82) is 0 Å². The molecule has 0 saturated carbocycles. The van der Waals surface area contributed by atoms with Crippen molar-refractivity contribution >= 4 is 155 Å². The van der Waals surface area contributed by atoms with Crippen LogP contribution in [0.5, 0.6) is 11.5 Å². The van der Waals surface area contributed by atoms with E-state index >= 15 is 0 Å². The Morgan fingerprint density at radius 2 is 0.892 bits per heavy atom. The fourth-order valence-electron chi connectivity index (χ4n) is 13.8. The van der Waals surface area contributed by atoms with Gasteiger partial charge in [0.15, 0.2) is 0 Å². The summed E-state index contributed by atoms with van der Waals surface area (Å²) in [5, 5.41) is 7.78. The molecule has 340 valence electrons. The number of hydrogen-bond donors (Lipinski definition) is 0. The second-order valence-corrected chi connectivity index (χ2v) is 21.4. The van der Waals surface area contributed by atoms with Gasteiger partial charge in [0, 0.05) is 82.2 Å². The van der Waals surface area contributed by atoms with Gasteiger partial charge in [-0.1, -0.05) is 140 Å². The van der Waals surface area contributed by atoms with Crippen LogP contribution in [0.3, 0.4) is 0 Å². The molecule has 0 spiro atoms. The van der Waals surface area contributed by atoms with Gasteiger partial charge in [-0.3, -0.25) is 0 Å². The third kappa shape index (κ3) is 5.00. The lowest BCUT2D eigenvalue weighted by Gasteiger charge is -2.41. The van der Waals surface area contributed by atoms with Crippen LogP contribution in [0, 0.1) is 0 Å². The topological polar surface area (TPSA) is 25.6 Å². The molecular formula is C66H38B2N4OS. The Labute approximate surface area is 430 Å². The van der Waals surface area contributed by atoms with Gasteiger partial charge in [-0.05, 0) is 123 Å². The van der Waals surface area contributed by atoms with Gasteiger partial charge in [-0.15, -0.1) is 11.3 Å². The Morgan fingerprint density at radius 1 is 0.351 bits per heavy atom. The first-order valence-electron chi connectivity index (χ1n) is 25.6. The number of rotatable bonds is 4. The van der Waals surface area contributed by atoms with Gasteiger partial charge in [0.2, 0.25) is 0 Å². The zero-order valence-corrected chi connectivity index (χ0v) is 40.5. The van der Waals surface area contributed by atoms with E-state index in [0.717, 1.165) is 39.9 Å². The highest BCUT2D eigenvalue weighted by molar-refractivity contribution is 7.26. The maximum atomic E-state index is 7.40. The van der Waals surface area contributed by atoms with Crippen molar-refractivity contribution in [3.05, 3.63) is 231 Å². The molecule has 0 fully saturated rings. The average molecular weight is 957 g/mol. The molecule has 0 radical (unpaired) electrons. The van der Waals surface area contributed by atoms with Crippen molar-refractivity contribution < 1.29 is 4.74 Å². The van der Waals surface area contributed by atoms with Crippen molar-refractivity contribution in [3.8, 4) is 22.9 Å². The highest BCUT2D eigenvalue weighted by Gasteiger charge is 2.44. The number of fused-ring (bicyclic) bond motifs is 19. The van der Waals surface area contributed by atoms with Crippen LogP contribution in [-0.4, -0.2) is 22.6 Å². The van der Waals surface area contributed by atoms with Crippen LogP contribution in [0.15, 0.2) is 231 Å². The van der Waals surface area contributed by atoms with Gasteiger partial charge in [0.1, 0.15) is 11.5 Å². The number of para-hydroxylation sites is 7. The van der Waals surface area contributed by atoms with Crippen molar-refractivity contribution in [2.45, 2.75) is 0 Å². The summed E-state index contributed by atoms with van der Waals surface area (Å²) in [4.78, 5) is 4.79. The summed E-state index contributed by atoms with van der Waals surface area (Å²) in [6.45, 7) is -0.0230. The fraction of sp³-hybridized carbons (Fsp3) is 0. The largest absolute Gasteiger partial charge is 0.458 e. The molecule has 0 bridgehead atoms. The van der Waals surface area contributed by atoms with Crippen LogP contribution in [0.4, 0.5) is 34.1 Å². The minimum absolute atomic E-state index is 0.0468. The summed E-state index contributed by atoms with van der Waals surface area (Å²) in [6, 6.07) is 85.4. The molecule has 14 aromatic rings. The van der Waals surface area contributed by atoms with Crippen molar-refractivity contribution in [2.24, 2.45) is 0 Å². The van der Waals surface area contributed by atoms with Gasteiger partial charge >= 0.3 is 0 Å². The molecule has 0 atom stereocenters. The lowest BCUT2D eigenvalue weighted by atomic mass is 9.34. The molecule has 18 rings (SSSR count). The molecule has 74 heavy (non-hydrogen) atoms. The summed E-state index contributed by atoms with van der Waals surface area (Å²) in [5.41, 5.74) is 22.0. The molecule has 11 aromatic carbocycles. The maximum Gasteiger partial charge on any atom is 0.256 e. The Morgan fingerprint density at radius 3 is 1.58 bits per heavy atom. The van der Waals surface area contributed by atoms with E-state index in [9.17, 15) is 0 Å². The van der Waals surface area contributed by atoms with Gasteiger partial charge in [-0.2, -0.15) is 0 Å². The molecule has 4 aliphatic rings. The average Bonchev–Trinajstić information content (AvgIpc) is 4.23. The van der Waals surface area contributed by atoms with Crippen LogP contribution in [0.25, 0.3) is 75.2 Å². The van der Waals surface area contributed by atoms with Gasteiger partial charge in [0.05, 0.1) is 27.8 Å². The second kappa shape index (κ2) is 14.3. The molecule has 7 heterocycles. The zero-order valence-electron chi connectivity index (χ0n) is 39.7. The van der Waals surface area contributed by atoms with Crippen molar-refractivity contribution in [3.63, 3.8) is 0 Å². The van der Waals surface area contributed by atoms with E-state index in [-0.39, 0.29) is 13.4 Å². The molecule has 5 nitrogen and oxygen atoms in total. The molecule has 4 aliphatic heterocycles. The zero-order chi connectivity index (χ0) is 47.9. The van der Waals surface area contributed by atoms with Crippen molar-refractivity contribution in [1.82, 2.24) is 9.13 Å². The van der Waals surface area contributed by atoms with Gasteiger partial charge in [-0.25, -0.2) is 0 Å². The maximum absolute atomic E-state index is 7.40.